The summed E-state index contributed by atoms with van der Waals surface area (Å²) in [4.78, 5) is 0. The zero-order valence-electron chi connectivity index (χ0n) is 13.7. The average Bonchev–Trinajstić information content (AvgIpc) is 2.99. The van der Waals surface area contributed by atoms with E-state index >= 15 is 0 Å². The molecule has 4 rings (SSSR count). The molecule has 2 aromatic carbocycles. The summed E-state index contributed by atoms with van der Waals surface area (Å²) in [6.45, 7) is 0.431. The van der Waals surface area contributed by atoms with Crippen LogP contribution < -0.4 is 23.7 Å². The Hall–Kier alpha value is -2.76. The van der Waals surface area contributed by atoms with Gasteiger partial charge in [0.1, 0.15) is 23.4 Å². The van der Waals surface area contributed by atoms with E-state index in [1.165, 1.54) is 0 Å². The lowest BCUT2D eigenvalue weighted by molar-refractivity contribution is 0.136. The average molecular weight is 330 g/mol. The first-order valence-electron chi connectivity index (χ1n) is 7.63. The summed E-state index contributed by atoms with van der Waals surface area (Å²) in [5.74, 6) is 3.18. The molecule has 2 atom stereocenters. The maximum Gasteiger partial charge on any atom is 0.203 e. The predicted molar refractivity (Wildman–Crippen MR) is 85.8 cm³/mol. The number of benzene rings is 2. The number of hydrogen-bond acceptors (Lipinski definition) is 6. The normalized spacial score (nSPS) is 20.1. The van der Waals surface area contributed by atoms with Crippen molar-refractivity contribution in [1.82, 2.24) is 0 Å². The minimum atomic E-state index is -0.223. The van der Waals surface area contributed by atoms with Gasteiger partial charge in [0.2, 0.25) is 5.75 Å². The smallest absolute Gasteiger partial charge is 0.203 e. The highest BCUT2D eigenvalue weighted by Gasteiger charge is 2.45. The summed E-state index contributed by atoms with van der Waals surface area (Å²) in [5, 5.41) is 9.66. The summed E-state index contributed by atoms with van der Waals surface area (Å²) >= 11 is 0. The topological polar surface area (TPSA) is 66.4 Å². The van der Waals surface area contributed by atoms with E-state index in [1.54, 1.807) is 39.5 Å². The summed E-state index contributed by atoms with van der Waals surface area (Å²) < 4.78 is 28.5. The SMILES string of the molecule is COc1cc(OC)c2c(c1OC)O[C@@H]1c3ccc(O)cc3OC[C@H]21. The Balaban J connectivity index is 1.88. The molecular weight excluding hydrogens is 312 g/mol. The maximum absolute atomic E-state index is 9.66. The first-order valence-corrected chi connectivity index (χ1v) is 7.63. The van der Waals surface area contributed by atoms with E-state index in [9.17, 15) is 5.11 Å². The van der Waals surface area contributed by atoms with Crippen molar-refractivity contribution in [2.24, 2.45) is 0 Å². The lowest BCUT2D eigenvalue weighted by Gasteiger charge is -2.28. The second-order valence-electron chi connectivity index (χ2n) is 5.74. The standard InChI is InChI=1S/C18H18O6/c1-20-13-7-14(21-2)17(22-3)18-15(13)11-8-23-12-6-9(19)4-5-10(12)16(11)24-18/h4-7,11,16,19H,8H2,1-3H3/t11-,16-/m1/s1. The quantitative estimate of drug-likeness (QED) is 0.933. The van der Waals surface area contributed by atoms with Crippen LogP contribution in [0, 0.1) is 0 Å². The molecule has 0 saturated heterocycles. The van der Waals surface area contributed by atoms with Gasteiger partial charge in [-0.25, -0.2) is 0 Å². The number of aromatic hydroxyl groups is 1. The van der Waals surface area contributed by atoms with Gasteiger partial charge in [-0.05, 0) is 12.1 Å². The first-order chi connectivity index (χ1) is 11.7. The van der Waals surface area contributed by atoms with Crippen molar-refractivity contribution in [2.45, 2.75) is 12.0 Å². The molecule has 2 aromatic rings. The zero-order valence-corrected chi connectivity index (χ0v) is 13.7. The third kappa shape index (κ3) is 1.95. The number of methoxy groups -OCH3 is 3. The van der Waals surface area contributed by atoms with Crippen LogP contribution in [0.4, 0.5) is 0 Å². The van der Waals surface area contributed by atoms with E-state index in [2.05, 4.69) is 0 Å². The van der Waals surface area contributed by atoms with E-state index < -0.39 is 0 Å². The molecule has 0 bridgehead atoms. The minimum Gasteiger partial charge on any atom is -0.508 e. The van der Waals surface area contributed by atoms with Crippen LogP contribution >= 0.6 is 0 Å². The van der Waals surface area contributed by atoms with Crippen LogP contribution in [-0.2, 0) is 0 Å². The Morgan fingerprint density at radius 2 is 1.83 bits per heavy atom. The summed E-state index contributed by atoms with van der Waals surface area (Å²) in [5.41, 5.74) is 1.81. The number of phenolic OH excluding ortho intramolecular Hbond substituents is 1. The third-order valence-electron chi connectivity index (χ3n) is 4.55. The molecule has 24 heavy (non-hydrogen) atoms. The Kier molecular flexibility index (Phi) is 3.33. The number of ether oxygens (including phenoxy) is 5. The Bertz CT molecular complexity index is 801. The van der Waals surface area contributed by atoms with Gasteiger partial charge in [-0.1, -0.05) is 0 Å². The Morgan fingerprint density at radius 3 is 2.54 bits per heavy atom. The largest absolute Gasteiger partial charge is 0.508 e. The van der Waals surface area contributed by atoms with E-state index in [4.69, 9.17) is 23.7 Å². The Morgan fingerprint density at radius 1 is 1.04 bits per heavy atom. The van der Waals surface area contributed by atoms with E-state index in [0.29, 0.717) is 35.4 Å². The van der Waals surface area contributed by atoms with Crippen LogP contribution in [0.1, 0.15) is 23.1 Å². The molecule has 0 aliphatic carbocycles. The highest BCUT2D eigenvalue weighted by Crippen LogP contribution is 2.59. The lowest BCUT2D eigenvalue weighted by Crippen LogP contribution is -2.23. The second-order valence-corrected chi connectivity index (χ2v) is 5.74. The second kappa shape index (κ2) is 5.40. The van der Waals surface area contributed by atoms with E-state index in [-0.39, 0.29) is 17.8 Å². The van der Waals surface area contributed by atoms with Crippen LogP contribution in [0.25, 0.3) is 0 Å². The summed E-state index contributed by atoms with van der Waals surface area (Å²) in [7, 11) is 4.77. The molecule has 0 fully saturated rings. The van der Waals surface area contributed by atoms with Crippen LogP contribution in [-0.4, -0.2) is 33.0 Å². The van der Waals surface area contributed by atoms with Crippen LogP contribution in [0.3, 0.4) is 0 Å². The van der Waals surface area contributed by atoms with Crippen molar-refractivity contribution in [1.29, 1.82) is 0 Å². The van der Waals surface area contributed by atoms with Gasteiger partial charge >= 0.3 is 0 Å². The van der Waals surface area contributed by atoms with E-state index in [0.717, 1.165) is 11.1 Å². The number of rotatable bonds is 3. The van der Waals surface area contributed by atoms with Crippen molar-refractivity contribution >= 4 is 0 Å². The maximum atomic E-state index is 9.66. The summed E-state index contributed by atoms with van der Waals surface area (Å²) in [6, 6.07) is 6.86. The fourth-order valence-corrected chi connectivity index (χ4v) is 3.46. The van der Waals surface area contributed by atoms with Crippen molar-refractivity contribution in [2.75, 3.05) is 27.9 Å². The molecular formula is C18H18O6. The van der Waals surface area contributed by atoms with Crippen LogP contribution in [0.2, 0.25) is 0 Å². The van der Waals surface area contributed by atoms with Crippen molar-refractivity contribution < 1.29 is 28.8 Å². The first kappa shape index (κ1) is 14.8. The van der Waals surface area contributed by atoms with Gasteiger partial charge in [-0.2, -0.15) is 0 Å². The van der Waals surface area contributed by atoms with Gasteiger partial charge in [0.05, 0.1) is 39.4 Å². The molecule has 0 unspecified atom stereocenters. The van der Waals surface area contributed by atoms with Gasteiger partial charge < -0.3 is 28.8 Å². The molecule has 2 heterocycles. The van der Waals surface area contributed by atoms with Gasteiger partial charge in [0, 0.05) is 17.7 Å². The molecule has 0 saturated carbocycles. The molecule has 2 aliphatic heterocycles. The summed E-state index contributed by atoms with van der Waals surface area (Å²) in [6.07, 6.45) is -0.223. The van der Waals surface area contributed by atoms with Gasteiger partial charge in [-0.3, -0.25) is 0 Å². The molecule has 6 heteroatoms. The zero-order chi connectivity index (χ0) is 16.8. The number of hydrogen-bond donors (Lipinski definition) is 1. The number of fused-ring (bicyclic) bond motifs is 5. The van der Waals surface area contributed by atoms with Crippen molar-refractivity contribution in [3.05, 3.63) is 35.4 Å². The Labute approximate surface area is 139 Å². The lowest BCUT2D eigenvalue weighted by atomic mass is 9.88. The van der Waals surface area contributed by atoms with Gasteiger partial charge in [0.15, 0.2) is 11.5 Å². The minimum absolute atomic E-state index is 0.0215. The van der Waals surface area contributed by atoms with Gasteiger partial charge in [0.25, 0.3) is 0 Å². The molecule has 0 radical (unpaired) electrons. The molecule has 6 nitrogen and oxygen atoms in total. The number of phenols is 1. The third-order valence-corrected chi connectivity index (χ3v) is 4.55. The van der Waals surface area contributed by atoms with Crippen LogP contribution in [0.5, 0.6) is 34.5 Å². The molecule has 1 N–H and O–H groups in total. The monoisotopic (exact) mass is 330 g/mol. The molecule has 126 valence electrons. The molecule has 2 aliphatic rings. The van der Waals surface area contributed by atoms with Crippen LogP contribution in [0.15, 0.2) is 24.3 Å². The molecule has 0 aromatic heterocycles. The van der Waals surface area contributed by atoms with Gasteiger partial charge in [-0.15, -0.1) is 0 Å². The molecule has 0 spiro atoms. The van der Waals surface area contributed by atoms with Crippen molar-refractivity contribution in [3.8, 4) is 34.5 Å². The van der Waals surface area contributed by atoms with Crippen molar-refractivity contribution in [3.63, 3.8) is 0 Å². The van der Waals surface area contributed by atoms with E-state index in [1.807, 2.05) is 6.07 Å². The predicted octanol–water partition coefficient (Wildman–Crippen LogP) is 3.03. The molecule has 0 amide bonds. The fraction of sp³-hybridized carbons (Fsp3) is 0.333. The fourth-order valence-electron chi connectivity index (χ4n) is 3.46. The highest BCUT2D eigenvalue weighted by molar-refractivity contribution is 5.66. The highest BCUT2D eigenvalue weighted by atomic mass is 16.6.